The first-order chi connectivity index (χ1) is 9.93. The highest BCUT2D eigenvalue weighted by Crippen LogP contribution is 2.44. The molecule has 3 amide bonds. The molecule has 1 unspecified atom stereocenters. The maximum absolute atomic E-state index is 12.3. The van der Waals surface area contributed by atoms with Crippen LogP contribution in [-0.2, 0) is 0 Å². The summed E-state index contributed by atoms with van der Waals surface area (Å²) < 4.78 is 0. The van der Waals surface area contributed by atoms with Gasteiger partial charge in [0, 0.05) is 36.0 Å². The second-order valence-corrected chi connectivity index (χ2v) is 6.19. The molecule has 106 valence electrons. The fourth-order valence-corrected chi connectivity index (χ4v) is 4.20. The SMILES string of the molecule is CN1C(=O)c2ccc3c4c(sc(c24)C1=O)C(=O)N(C)C3O. The van der Waals surface area contributed by atoms with Gasteiger partial charge in [0.15, 0.2) is 6.23 Å². The summed E-state index contributed by atoms with van der Waals surface area (Å²) in [5.74, 6) is -1.12. The number of imide groups is 1. The third kappa shape index (κ3) is 1.28. The number of rotatable bonds is 0. The molecule has 3 heterocycles. The van der Waals surface area contributed by atoms with Crippen molar-refractivity contribution < 1.29 is 19.5 Å². The lowest BCUT2D eigenvalue weighted by Crippen LogP contribution is -2.36. The average molecular weight is 302 g/mol. The van der Waals surface area contributed by atoms with Gasteiger partial charge in [0.25, 0.3) is 17.7 Å². The highest BCUT2D eigenvalue weighted by molar-refractivity contribution is 7.18. The van der Waals surface area contributed by atoms with Gasteiger partial charge in [0.1, 0.15) is 9.75 Å². The number of benzene rings is 1. The van der Waals surface area contributed by atoms with E-state index in [0.717, 1.165) is 16.2 Å². The van der Waals surface area contributed by atoms with E-state index < -0.39 is 12.1 Å². The minimum Gasteiger partial charge on any atom is -0.369 e. The molecule has 0 radical (unpaired) electrons. The van der Waals surface area contributed by atoms with Gasteiger partial charge in [-0.1, -0.05) is 6.07 Å². The number of nitrogens with zero attached hydrogens (tertiary/aromatic N) is 2. The van der Waals surface area contributed by atoms with Gasteiger partial charge in [0.05, 0.1) is 0 Å². The molecule has 2 aliphatic rings. The summed E-state index contributed by atoms with van der Waals surface area (Å²) in [5, 5.41) is 11.3. The molecule has 2 aromatic rings. The lowest BCUT2D eigenvalue weighted by Gasteiger charge is -2.29. The summed E-state index contributed by atoms with van der Waals surface area (Å²) in [5.41, 5.74) is 0.955. The molecule has 1 aromatic heterocycles. The Morgan fingerprint density at radius 3 is 2.38 bits per heavy atom. The highest BCUT2D eigenvalue weighted by atomic mass is 32.1. The molecule has 6 nitrogen and oxygen atoms in total. The molecule has 1 aromatic carbocycles. The molecular formula is C14H10N2O4S. The van der Waals surface area contributed by atoms with Crippen molar-refractivity contribution in [3.05, 3.63) is 33.0 Å². The number of aliphatic hydroxyl groups is 1. The van der Waals surface area contributed by atoms with Gasteiger partial charge in [-0.3, -0.25) is 19.3 Å². The van der Waals surface area contributed by atoms with Gasteiger partial charge in [-0.05, 0) is 6.07 Å². The Morgan fingerprint density at radius 1 is 1.00 bits per heavy atom. The fraction of sp³-hybridized carbons (Fsp3) is 0.214. The molecule has 0 saturated carbocycles. The van der Waals surface area contributed by atoms with Crippen molar-refractivity contribution in [1.82, 2.24) is 9.80 Å². The summed E-state index contributed by atoms with van der Waals surface area (Å²) in [6.07, 6.45) is -1.06. The Balaban J connectivity index is 2.20. The molecule has 2 aliphatic heterocycles. The van der Waals surface area contributed by atoms with Gasteiger partial charge >= 0.3 is 0 Å². The van der Waals surface area contributed by atoms with Crippen molar-refractivity contribution in [1.29, 1.82) is 0 Å². The minimum absolute atomic E-state index is 0.335. The lowest BCUT2D eigenvalue weighted by atomic mass is 9.93. The molecule has 7 heteroatoms. The van der Waals surface area contributed by atoms with Crippen LogP contribution in [0.2, 0.25) is 0 Å². The van der Waals surface area contributed by atoms with Crippen LogP contribution in [0.15, 0.2) is 12.1 Å². The predicted octanol–water partition coefficient (Wildman–Crippen LogP) is 1.20. The summed E-state index contributed by atoms with van der Waals surface area (Å²) in [6.45, 7) is 0. The van der Waals surface area contributed by atoms with Crippen LogP contribution in [0, 0.1) is 0 Å². The number of aliphatic hydroxyl groups excluding tert-OH is 1. The molecule has 0 aliphatic carbocycles. The first-order valence-corrected chi connectivity index (χ1v) is 7.12. The van der Waals surface area contributed by atoms with E-state index >= 15 is 0 Å². The van der Waals surface area contributed by atoms with Gasteiger partial charge < -0.3 is 10.0 Å². The first kappa shape index (κ1) is 12.5. The van der Waals surface area contributed by atoms with Crippen LogP contribution in [0.3, 0.4) is 0 Å². The minimum atomic E-state index is -1.06. The third-order valence-electron chi connectivity index (χ3n) is 4.09. The van der Waals surface area contributed by atoms with Crippen molar-refractivity contribution in [3.8, 4) is 0 Å². The van der Waals surface area contributed by atoms with E-state index in [9.17, 15) is 19.5 Å². The van der Waals surface area contributed by atoms with E-state index in [1.54, 1.807) is 12.1 Å². The van der Waals surface area contributed by atoms with Crippen molar-refractivity contribution in [2.75, 3.05) is 14.1 Å². The van der Waals surface area contributed by atoms with Gasteiger partial charge in [0.2, 0.25) is 0 Å². The van der Waals surface area contributed by atoms with E-state index in [0.29, 0.717) is 31.7 Å². The van der Waals surface area contributed by atoms with Crippen LogP contribution in [0.4, 0.5) is 0 Å². The summed E-state index contributed by atoms with van der Waals surface area (Å²) in [4.78, 5) is 39.9. The Bertz CT molecular complexity index is 869. The van der Waals surface area contributed by atoms with E-state index in [2.05, 4.69) is 0 Å². The fourth-order valence-electron chi connectivity index (χ4n) is 2.90. The standard InChI is InChI=1S/C14H10N2O4S/c1-15-11(17)5-3-4-6-8-7(5)9(13(15)19)21-10(8)14(20)16(2)12(6)18/h3-4,11,17H,1-2H3. The maximum atomic E-state index is 12.3. The average Bonchev–Trinajstić information content (AvgIpc) is 2.88. The van der Waals surface area contributed by atoms with Crippen molar-refractivity contribution >= 4 is 39.8 Å². The van der Waals surface area contributed by atoms with E-state index in [-0.39, 0.29) is 11.8 Å². The second kappa shape index (κ2) is 3.69. The maximum Gasteiger partial charge on any atom is 0.271 e. The number of hydrogen-bond acceptors (Lipinski definition) is 5. The predicted molar refractivity (Wildman–Crippen MR) is 75.3 cm³/mol. The number of amides is 3. The summed E-state index contributed by atoms with van der Waals surface area (Å²) in [7, 11) is 2.93. The topological polar surface area (TPSA) is 77.9 Å². The van der Waals surface area contributed by atoms with Crippen molar-refractivity contribution in [3.63, 3.8) is 0 Å². The molecular weight excluding hydrogens is 292 g/mol. The zero-order valence-electron chi connectivity index (χ0n) is 11.2. The van der Waals surface area contributed by atoms with Gasteiger partial charge in [-0.25, -0.2) is 0 Å². The number of carbonyl (C=O) groups excluding carboxylic acids is 3. The van der Waals surface area contributed by atoms with Gasteiger partial charge in [-0.15, -0.1) is 11.3 Å². The zero-order valence-corrected chi connectivity index (χ0v) is 12.0. The van der Waals surface area contributed by atoms with E-state index in [4.69, 9.17) is 0 Å². The van der Waals surface area contributed by atoms with Crippen LogP contribution < -0.4 is 0 Å². The Morgan fingerprint density at radius 2 is 1.67 bits per heavy atom. The Labute approximate surface area is 123 Å². The van der Waals surface area contributed by atoms with Gasteiger partial charge in [-0.2, -0.15) is 0 Å². The summed E-state index contributed by atoms with van der Waals surface area (Å²) in [6, 6.07) is 3.25. The highest BCUT2D eigenvalue weighted by Gasteiger charge is 2.40. The molecule has 0 fully saturated rings. The second-order valence-electron chi connectivity index (χ2n) is 5.17. The lowest BCUT2D eigenvalue weighted by molar-refractivity contribution is 0.0178. The van der Waals surface area contributed by atoms with Crippen LogP contribution in [0.1, 0.15) is 41.5 Å². The smallest absolute Gasteiger partial charge is 0.271 e. The summed E-state index contributed by atoms with van der Waals surface area (Å²) >= 11 is 1.09. The van der Waals surface area contributed by atoms with E-state index in [1.807, 2.05) is 0 Å². The molecule has 0 bridgehead atoms. The molecule has 21 heavy (non-hydrogen) atoms. The number of hydrogen-bond donors (Lipinski definition) is 1. The Kier molecular flexibility index (Phi) is 2.19. The largest absolute Gasteiger partial charge is 0.369 e. The van der Waals surface area contributed by atoms with Crippen molar-refractivity contribution in [2.24, 2.45) is 0 Å². The van der Waals surface area contributed by atoms with Crippen LogP contribution in [-0.4, -0.2) is 46.7 Å². The van der Waals surface area contributed by atoms with Crippen molar-refractivity contribution in [2.45, 2.75) is 6.23 Å². The first-order valence-electron chi connectivity index (χ1n) is 6.30. The van der Waals surface area contributed by atoms with E-state index in [1.165, 1.54) is 19.0 Å². The van der Waals surface area contributed by atoms with Crippen LogP contribution >= 0.6 is 11.3 Å². The molecule has 0 spiro atoms. The molecule has 0 saturated heterocycles. The normalized spacial score (nSPS) is 20.7. The number of thiophene rings is 1. The quantitative estimate of drug-likeness (QED) is 0.742. The monoisotopic (exact) mass is 302 g/mol. The third-order valence-corrected chi connectivity index (χ3v) is 5.26. The molecule has 4 rings (SSSR count). The zero-order chi connectivity index (χ0) is 15.0. The Hall–Kier alpha value is -2.25. The molecule has 1 atom stereocenters. The molecule has 1 N–H and O–H groups in total. The van der Waals surface area contributed by atoms with Crippen LogP contribution in [0.25, 0.3) is 10.8 Å². The number of carbonyl (C=O) groups is 3. The van der Waals surface area contributed by atoms with Crippen LogP contribution in [0.5, 0.6) is 0 Å².